The van der Waals surface area contributed by atoms with Gasteiger partial charge in [-0.25, -0.2) is 4.79 Å². The molecule has 2 heterocycles. The topological polar surface area (TPSA) is 103 Å². The van der Waals surface area contributed by atoms with Crippen LogP contribution in [0.5, 0.6) is 0 Å². The van der Waals surface area contributed by atoms with Crippen LogP contribution in [0, 0.1) is 5.92 Å². The monoisotopic (exact) mass is 543 g/mol. The maximum absolute atomic E-state index is 13.6. The molecule has 1 unspecified atom stereocenters. The van der Waals surface area contributed by atoms with Gasteiger partial charge in [-0.2, -0.15) is 5.01 Å². The summed E-state index contributed by atoms with van der Waals surface area (Å²) in [4.78, 5) is 42.2. The van der Waals surface area contributed by atoms with E-state index in [0.717, 1.165) is 49.7 Å². The molecule has 3 amide bonds. The Hall–Kier alpha value is -2.59. The van der Waals surface area contributed by atoms with E-state index in [1.807, 2.05) is 18.2 Å². The number of amides is 3. The van der Waals surface area contributed by atoms with E-state index in [1.54, 1.807) is 12.1 Å². The lowest BCUT2D eigenvalue weighted by Crippen LogP contribution is -2.64. The molecule has 2 fully saturated rings. The van der Waals surface area contributed by atoms with Crippen LogP contribution in [0.4, 0.5) is 4.79 Å². The number of hydrogen-bond acceptors (Lipinski definition) is 7. The molecule has 1 aromatic rings. The quantitative estimate of drug-likeness (QED) is 0.420. The maximum Gasteiger partial charge on any atom is 0.343 e. The minimum absolute atomic E-state index is 0.168. The number of urea groups is 1. The third-order valence-electron chi connectivity index (χ3n) is 7.35. The van der Waals surface area contributed by atoms with Crippen molar-refractivity contribution in [2.24, 2.45) is 11.0 Å². The SMILES string of the molecule is CC(C)CCC(=O)C1OC(SCCN2CCCC2)=NN1C(=O)NC1(NC(=O)c2ccccc2)CCCCC1. The second kappa shape index (κ2) is 13.5. The van der Waals surface area contributed by atoms with Gasteiger partial charge in [0.05, 0.1) is 0 Å². The molecular formula is C28H41N5O4S. The molecule has 0 spiro atoms. The van der Waals surface area contributed by atoms with E-state index in [2.05, 4.69) is 34.5 Å². The van der Waals surface area contributed by atoms with Crippen LogP contribution in [-0.2, 0) is 9.53 Å². The zero-order valence-corrected chi connectivity index (χ0v) is 23.4. The van der Waals surface area contributed by atoms with E-state index in [-0.39, 0.29) is 11.7 Å². The van der Waals surface area contributed by atoms with Gasteiger partial charge >= 0.3 is 6.03 Å². The zero-order valence-electron chi connectivity index (χ0n) is 22.6. The summed E-state index contributed by atoms with van der Waals surface area (Å²) in [7, 11) is 0. The fourth-order valence-electron chi connectivity index (χ4n) is 5.13. The minimum atomic E-state index is -1.09. The van der Waals surface area contributed by atoms with Gasteiger partial charge in [0.2, 0.25) is 0 Å². The van der Waals surface area contributed by atoms with Crippen molar-refractivity contribution in [2.45, 2.75) is 83.5 Å². The molecule has 1 saturated carbocycles. The van der Waals surface area contributed by atoms with Crippen LogP contribution >= 0.6 is 11.8 Å². The molecule has 1 aromatic carbocycles. The van der Waals surface area contributed by atoms with Crippen molar-refractivity contribution in [1.29, 1.82) is 0 Å². The molecule has 1 atom stereocenters. The lowest BCUT2D eigenvalue weighted by Gasteiger charge is -2.39. The Labute approximate surface area is 230 Å². The molecule has 38 heavy (non-hydrogen) atoms. The standard InChI is InChI=1S/C28H41N5O4S/c1-21(2)13-14-23(34)25-33(31-27(37-25)38-20-19-32-17-9-10-18-32)26(36)30-28(15-7-4-8-16-28)29-24(35)22-11-5-3-6-12-22/h3,5-6,11-12,21,25H,4,7-10,13-20H2,1-2H3,(H,29,35)(H,30,36). The van der Waals surface area contributed by atoms with Crippen molar-refractivity contribution in [3.8, 4) is 0 Å². The van der Waals surface area contributed by atoms with Gasteiger partial charge in [-0.1, -0.05) is 50.2 Å². The highest BCUT2D eigenvalue weighted by Gasteiger charge is 2.42. The van der Waals surface area contributed by atoms with Gasteiger partial charge in [0.25, 0.3) is 17.4 Å². The number of carbonyl (C=O) groups is 3. The van der Waals surface area contributed by atoms with Gasteiger partial charge in [-0.3, -0.25) is 9.59 Å². The minimum Gasteiger partial charge on any atom is -0.438 e. The molecule has 2 N–H and O–H groups in total. The van der Waals surface area contributed by atoms with Gasteiger partial charge in [-0.15, -0.1) is 5.10 Å². The second-order valence-corrected chi connectivity index (χ2v) is 11.9. The summed E-state index contributed by atoms with van der Waals surface area (Å²) in [6.07, 6.45) is 6.40. The first kappa shape index (κ1) is 28.4. The molecule has 1 aliphatic carbocycles. The fraction of sp³-hybridized carbons (Fsp3) is 0.643. The lowest BCUT2D eigenvalue weighted by atomic mass is 9.88. The molecule has 3 aliphatic rings. The fourth-order valence-corrected chi connectivity index (χ4v) is 5.96. The molecule has 4 rings (SSSR count). The Morgan fingerprint density at radius 3 is 2.45 bits per heavy atom. The van der Waals surface area contributed by atoms with E-state index < -0.39 is 17.9 Å². The number of hydrazone groups is 1. The average Bonchev–Trinajstić information content (AvgIpc) is 3.59. The molecule has 1 saturated heterocycles. The molecule has 0 bridgehead atoms. The molecule has 208 valence electrons. The van der Waals surface area contributed by atoms with Crippen LogP contribution in [-0.4, -0.2) is 70.1 Å². The van der Waals surface area contributed by atoms with Crippen LogP contribution in [0.2, 0.25) is 0 Å². The summed E-state index contributed by atoms with van der Waals surface area (Å²) < 4.78 is 5.95. The van der Waals surface area contributed by atoms with Crippen molar-refractivity contribution < 1.29 is 19.1 Å². The van der Waals surface area contributed by atoms with Crippen molar-refractivity contribution in [3.63, 3.8) is 0 Å². The first-order valence-electron chi connectivity index (χ1n) is 14.0. The Morgan fingerprint density at radius 2 is 1.76 bits per heavy atom. The molecular weight excluding hydrogens is 502 g/mol. The van der Waals surface area contributed by atoms with E-state index in [0.29, 0.717) is 42.4 Å². The van der Waals surface area contributed by atoms with Gasteiger partial charge < -0.3 is 20.3 Å². The maximum atomic E-state index is 13.6. The number of nitrogens with one attached hydrogen (secondary N) is 2. The van der Waals surface area contributed by atoms with E-state index >= 15 is 0 Å². The lowest BCUT2D eigenvalue weighted by molar-refractivity contribution is -0.131. The predicted octanol–water partition coefficient (Wildman–Crippen LogP) is 4.55. The molecule has 10 heteroatoms. The Bertz CT molecular complexity index is 990. The first-order chi connectivity index (χ1) is 18.3. The number of Topliss-reactive ketones (excluding diaryl/α,β-unsaturated/α-hetero) is 1. The van der Waals surface area contributed by atoms with Gasteiger partial charge in [0.1, 0.15) is 5.66 Å². The van der Waals surface area contributed by atoms with Crippen LogP contribution in [0.1, 0.15) is 82.0 Å². The molecule has 0 aromatic heterocycles. The highest BCUT2D eigenvalue weighted by Crippen LogP contribution is 2.29. The summed E-state index contributed by atoms with van der Waals surface area (Å²) in [6.45, 7) is 7.25. The van der Waals surface area contributed by atoms with Crippen LogP contribution < -0.4 is 10.6 Å². The van der Waals surface area contributed by atoms with E-state index in [1.165, 1.54) is 24.6 Å². The summed E-state index contributed by atoms with van der Waals surface area (Å²) in [6, 6.07) is 8.46. The summed E-state index contributed by atoms with van der Waals surface area (Å²) in [5.41, 5.74) is -0.373. The largest absolute Gasteiger partial charge is 0.438 e. The zero-order chi connectivity index (χ0) is 27.0. The van der Waals surface area contributed by atoms with Crippen molar-refractivity contribution >= 4 is 34.7 Å². The Morgan fingerprint density at radius 1 is 1.05 bits per heavy atom. The van der Waals surface area contributed by atoms with Crippen molar-refractivity contribution in [3.05, 3.63) is 35.9 Å². The third-order valence-corrected chi connectivity index (χ3v) is 8.16. The second-order valence-electron chi connectivity index (χ2n) is 10.9. The van der Waals surface area contributed by atoms with Gasteiger partial charge in [0.15, 0.2) is 5.78 Å². The number of hydrogen-bond donors (Lipinski definition) is 2. The first-order valence-corrected chi connectivity index (χ1v) is 15.0. The Kier molecular flexibility index (Phi) is 10.1. The van der Waals surface area contributed by atoms with E-state index in [9.17, 15) is 14.4 Å². The van der Waals surface area contributed by atoms with Crippen LogP contribution in [0.3, 0.4) is 0 Å². The number of ether oxygens (including phenoxy) is 1. The van der Waals surface area contributed by atoms with Gasteiger partial charge in [-0.05, 0) is 76.1 Å². The Balaban J connectivity index is 1.46. The highest BCUT2D eigenvalue weighted by molar-refractivity contribution is 8.13. The summed E-state index contributed by atoms with van der Waals surface area (Å²) in [5.74, 6) is 0.727. The van der Waals surface area contributed by atoms with Crippen LogP contribution in [0.15, 0.2) is 35.4 Å². The molecule has 9 nitrogen and oxygen atoms in total. The number of thioether (sulfide) groups is 1. The van der Waals surface area contributed by atoms with E-state index in [4.69, 9.17) is 4.74 Å². The number of nitrogens with zero attached hydrogens (tertiary/aromatic N) is 3. The molecule has 2 aliphatic heterocycles. The predicted molar refractivity (Wildman–Crippen MR) is 150 cm³/mol. The average molecular weight is 544 g/mol. The summed E-state index contributed by atoms with van der Waals surface area (Å²) >= 11 is 1.43. The number of likely N-dealkylation sites (tertiary alicyclic amines) is 1. The van der Waals surface area contributed by atoms with Crippen molar-refractivity contribution in [1.82, 2.24) is 20.5 Å². The molecule has 0 radical (unpaired) electrons. The summed E-state index contributed by atoms with van der Waals surface area (Å²) in [5, 5.41) is 12.1. The van der Waals surface area contributed by atoms with Crippen LogP contribution in [0.25, 0.3) is 0 Å². The number of carbonyl (C=O) groups excluding carboxylic acids is 3. The third kappa shape index (κ3) is 7.72. The highest BCUT2D eigenvalue weighted by atomic mass is 32.2. The number of rotatable bonds is 10. The van der Waals surface area contributed by atoms with Gasteiger partial charge in [0, 0.05) is 24.3 Å². The normalized spacial score (nSPS) is 21.2. The smallest absolute Gasteiger partial charge is 0.343 e. The van der Waals surface area contributed by atoms with Crippen molar-refractivity contribution in [2.75, 3.05) is 25.4 Å². The number of benzene rings is 1. The number of ketones is 1.